The highest BCUT2D eigenvalue weighted by Gasteiger charge is 2.16. The zero-order valence-corrected chi connectivity index (χ0v) is 10.1. The molecule has 1 atom stereocenters. The van der Waals surface area contributed by atoms with Crippen molar-refractivity contribution in [3.63, 3.8) is 0 Å². The summed E-state index contributed by atoms with van der Waals surface area (Å²) in [5.41, 5.74) is 6.69. The molecule has 0 heterocycles. The lowest BCUT2D eigenvalue weighted by Gasteiger charge is -2.22. The molecule has 1 aromatic rings. The summed E-state index contributed by atoms with van der Waals surface area (Å²) in [4.78, 5) is 0. The third kappa shape index (κ3) is 3.39. The zero-order chi connectivity index (χ0) is 10.8. The van der Waals surface area contributed by atoms with Crippen molar-refractivity contribution in [2.45, 2.75) is 32.2 Å². The van der Waals surface area contributed by atoms with Gasteiger partial charge in [0.2, 0.25) is 0 Å². The van der Waals surface area contributed by atoms with Gasteiger partial charge in [-0.1, -0.05) is 22.9 Å². The minimum absolute atomic E-state index is 0.221. The smallest absolute Gasteiger partial charge is 0.124 e. The standard InChI is InChI=1S/C11H15BrFN/c1-3-11(2,14)7-8-4-9(12)6-10(13)5-8/h4-6H,3,7,14H2,1-2H3. The van der Waals surface area contributed by atoms with E-state index in [1.807, 2.05) is 19.9 Å². The molecule has 78 valence electrons. The minimum atomic E-state index is -0.257. The van der Waals surface area contributed by atoms with Gasteiger partial charge in [-0.05, 0) is 43.5 Å². The fourth-order valence-corrected chi connectivity index (χ4v) is 1.82. The van der Waals surface area contributed by atoms with E-state index in [2.05, 4.69) is 15.9 Å². The molecule has 14 heavy (non-hydrogen) atoms. The van der Waals surface area contributed by atoms with Gasteiger partial charge in [-0.2, -0.15) is 0 Å². The SMILES string of the molecule is CCC(C)(N)Cc1cc(F)cc(Br)c1. The monoisotopic (exact) mass is 259 g/mol. The largest absolute Gasteiger partial charge is 0.325 e. The first-order chi connectivity index (χ1) is 6.43. The lowest BCUT2D eigenvalue weighted by Crippen LogP contribution is -2.37. The molecular formula is C11H15BrFN. The predicted octanol–water partition coefficient (Wildman–Crippen LogP) is 3.26. The van der Waals surface area contributed by atoms with Crippen molar-refractivity contribution in [2.24, 2.45) is 5.73 Å². The van der Waals surface area contributed by atoms with Gasteiger partial charge < -0.3 is 5.73 Å². The summed E-state index contributed by atoms with van der Waals surface area (Å²) in [6, 6.07) is 4.89. The molecule has 0 aliphatic heterocycles. The van der Waals surface area contributed by atoms with Gasteiger partial charge in [-0.25, -0.2) is 4.39 Å². The molecule has 0 fully saturated rings. The number of nitrogens with two attached hydrogens (primary N) is 1. The second-order valence-corrected chi connectivity index (χ2v) is 4.88. The van der Waals surface area contributed by atoms with Gasteiger partial charge in [-0.3, -0.25) is 0 Å². The average molecular weight is 260 g/mol. The molecule has 0 bridgehead atoms. The molecular weight excluding hydrogens is 245 g/mol. The van der Waals surface area contributed by atoms with Crippen molar-refractivity contribution >= 4 is 15.9 Å². The maximum atomic E-state index is 13.0. The van der Waals surface area contributed by atoms with Crippen LogP contribution in [-0.4, -0.2) is 5.54 Å². The molecule has 1 aromatic carbocycles. The molecule has 0 aromatic heterocycles. The Morgan fingerprint density at radius 3 is 2.57 bits per heavy atom. The molecule has 0 aliphatic carbocycles. The van der Waals surface area contributed by atoms with Crippen LogP contribution >= 0.6 is 15.9 Å². The van der Waals surface area contributed by atoms with Crippen molar-refractivity contribution in [2.75, 3.05) is 0 Å². The van der Waals surface area contributed by atoms with Gasteiger partial charge in [-0.15, -0.1) is 0 Å². The fraction of sp³-hybridized carbons (Fsp3) is 0.455. The Kier molecular flexibility index (Phi) is 3.67. The number of hydrogen-bond donors (Lipinski definition) is 1. The summed E-state index contributed by atoms with van der Waals surface area (Å²) in [7, 11) is 0. The van der Waals surface area contributed by atoms with Crippen LogP contribution in [0.1, 0.15) is 25.8 Å². The second-order valence-electron chi connectivity index (χ2n) is 3.96. The highest BCUT2D eigenvalue weighted by molar-refractivity contribution is 9.10. The van der Waals surface area contributed by atoms with Gasteiger partial charge in [0.1, 0.15) is 5.82 Å². The van der Waals surface area contributed by atoms with Crippen LogP contribution in [0.2, 0.25) is 0 Å². The zero-order valence-electron chi connectivity index (χ0n) is 8.48. The second kappa shape index (κ2) is 4.41. The molecule has 0 radical (unpaired) electrons. The first-order valence-corrected chi connectivity index (χ1v) is 5.46. The van der Waals surface area contributed by atoms with Gasteiger partial charge in [0.05, 0.1) is 0 Å². The molecule has 0 saturated heterocycles. The average Bonchev–Trinajstić information content (AvgIpc) is 2.01. The highest BCUT2D eigenvalue weighted by atomic mass is 79.9. The van der Waals surface area contributed by atoms with Crippen LogP contribution in [-0.2, 0) is 6.42 Å². The van der Waals surface area contributed by atoms with Crippen LogP contribution in [0.15, 0.2) is 22.7 Å². The summed E-state index contributed by atoms with van der Waals surface area (Å²) in [6.07, 6.45) is 1.57. The topological polar surface area (TPSA) is 26.0 Å². The Morgan fingerprint density at radius 1 is 1.43 bits per heavy atom. The molecule has 3 heteroatoms. The molecule has 1 unspecified atom stereocenters. The summed E-state index contributed by atoms with van der Waals surface area (Å²) in [5.74, 6) is -0.221. The molecule has 0 spiro atoms. The van der Waals surface area contributed by atoms with Crippen molar-refractivity contribution in [1.82, 2.24) is 0 Å². The van der Waals surface area contributed by atoms with Gasteiger partial charge in [0, 0.05) is 10.0 Å². The number of hydrogen-bond acceptors (Lipinski definition) is 1. The van der Waals surface area contributed by atoms with E-state index in [1.165, 1.54) is 12.1 Å². The maximum absolute atomic E-state index is 13.0. The van der Waals surface area contributed by atoms with E-state index in [4.69, 9.17) is 5.73 Å². The molecule has 2 N–H and O–H groups in total. The van der Waals surface area contributed by atoms with E-state index in [0.717, 1.165) is 16.5 Å². The summed E-state index contributed by atoms with van der Waals surface area (Å²) < 4.78 is 13.8. The number of rotatable bonds is 3. The van der Waals surface area contributed by atoms with Crippen LogP contribution < -0.4 is 5.73 Å². The van der Waals surface area contributed by atoms with Gasteiger partial charge >= 0.3 is 0 Å². The quantitative estimate of drug-likeness (QED) is 0.886. The lowest BCUT2D eigenvalue weighted by molar-refractivity contribution is 0.449. The van der Waals surface area contributed by atoms with E-state index in [0.29, 0.717) is 6.42 Å². The predicted molar refractivity (Wildman–Crippen MR) is 60.7 cm³/mol. The van der Waals surface area contributed by atoms with Gasteiger partial charge in [0.25, 0.3) is 0 Å². The molecule has 1 nitrogen and oxygen atoms in total. The minimum Gasteiger partial charge on any atom is -0.325 e. The first kappa shape index (κ1) is 11.7. The van der Waals surface area contributed by atoms with E-state index < -0.39 is 0 Å². The summed E-state index contributed by atoms with van der Waals surface area (Å²) >= 11 is 3.26. The van der Waals surface area contributed by atoms with Crippen LogP contribution in [0.4, 0.5) is 4.39 Å². The van der Waals surface area contributed by atoms with Crippen molar-refractivity contribution in [3.8, 4) is 0 Å². The Labute approximate surface area is 92.6 Å². The van der Waals surface area contributed by atoms with E-state index in [9.17, 15) is 4.39 Å². The maximum Gasteiger partial charge on any atom is 0.124 e. The summed E-state index contributed by atoms with van der Waals surface area (Å²) in [5, 5.41) is 0. The Balaban J connectivity index is 2.87. The van der Waals surface area contributed by atoms with Gasteiger partial charge in [0.15, 0.2) is 0 Å². The Hall–Kier alpha value is -0.410. The lowest BCUT2D eigenvalue weighted by atomic mass is 9.91. The van der Waals surface area contributed by atoms with Crippen molar-refractivity contribution in [3.05, 3.63) is 34.1 Å². The normalized spacial score (nSPS) is 15.2. The van der Waals surface area contributed by atoms with E-state index >= 15 is 0 Å². The molecule has 0 saturated carbocycles. The van der Waals surface area contributed by atoms with Crippen molar-refractivity contribution < 1.29 is 4.39 Å². The van der Waals surface area contributed by atoms with Crippen LogP contribution in [0, 0.1) is 5.82 Å². The number of halogens is 2. The Morgan fingerprint density at radius 2 is 2.07 bits per heavy atom. The van der Waals surface area contributed by atoms with E-state index in [-0.39, 0.29) is 11.4 Å². The highest BCUT2D eigenvalue weighted by Crippen LogP contribution is 2.19. The van der Waals surface area contributed by atoms with Crippen LogP contribution in [0.5, 0.6) is 0 Å². The molecule has 1 rings (SSSR count). The summed E-state index contributed by atoms with van der Waals surface area (Å²) in [6.45, 7) is 4.01. The van der Waals surface area contributed by atoms with Crippen LogP contribution in [0.3, 0.4) is 0 Å². The third-order valence-corrected chi connectivity index (χ3v) is 2.80. The third-order valence-electron chi connectivity index (χ3n) is 2.34. The first-order valence-electron chi connectivity index (χ1n) is 4.67. The van der Waals surface area contributed by atoms with Crippen molar-refractivity contribution in [1.29, 1.82) is 0 Å². The fourth-order valence-electron chi connectivity index (χ4n) is 1.30. The van der Waals surface area contributed by atoms with Crippen LogP contribution in [0.25, 0.3) is 0 Å². The Bertz CT molecular complexity index is 303. The molecule has 0 amide bonds. The number of benzene rings is 1. The van der Waals surface area contributed by atoms with E-state index in [1.54, 1.807) is 0 Å². The molecule has 0 aliphatic rings.